The number of benzene rings is 1. The Balaban J connectivity index is 1.90. The quantitative estimate of drug-likeness (QED) is 0.849. The van der Waals surface area contributed by atoms with Crippen molar-refractivity contribution in [2.45, 2.75) is 18.2 Å². The molecule has 2 nitrogen and oxygen atoms in total. The average Bonchev–Trinajstić information content (AvgIpc) is 2.24. The number of aryl methyl sites for hydroxylation is 1. The molecule has 1 atom stereocenters. The zero-order valence-electron chi connectivity index (χ0n) is 9.90. The summed E-state index contributed by atoms with van der Waals surface area (Å²) in [6.45, 7) is 3.97. The summed E-state index contributed by atoms with van der Waals surface area (Å²) in [4.78, 5) is 0. The van der Waals surface area contributed by atoms with E-state index in [0.29, 0.717) is 11.3 Å². The summed E-state index contributed by atoms with van der Waals surface area (Å²) in [5.41, 5.74) is 2.69. The fourth-order valence-electron chi connectivity index (χ4n) is 1.69. The maximum absolute atomic E-state index is 5.18. The fraction of sp³-hybridized carbons (Fsp3) is 0.538. The first-order valence-corrected chi connectivity index (χ1v) is 6.77. The molecule has 1 saturated heterocycles. The largest absolute Gasteiger partial charge is 0.379 e. The van der Waals surface area contributed by atoms with Crippen LogP contribution in [0.2, 0.25) is 0 Å². The molecule has 1 N–H and O–H groups in total. The number of nitrogens with one attached hydrogen (secondary N) is 1. The van der Waals surface area contributed by atoms with Crippen molar-refractivity contribution in [3.05, 3.63) is 35.4 Å². The Kier molecular flexibility index (Phi) is 4.27. The molecule has 1 aromatic carbocycles. The summed E-state index contributed by atoms with van der Waals surface area (Å²) in [5, 5.41) is 4.09. The lowest BCUT2D eigenvalue weighted by Crippen LogP contribution is -2.32. The Morgan fingerprint density at radius 1 is 1.38 bits per heavy atom. The molecule has 1 unspecified atom stereocenters. The molecule has 2 rings (SSSR count). The van der Waals surface area contributed by atoms with Crippen molar-refractivity contribution in [3.8, 4) is 0 Å². The summed E-state index contributed by atoms with van der Waals surface area (Å²) < 4.78 is 5.18. The minimum Gasteiger partial charge on any atom is -0.379 e. The Morgan fingerprint density at radius 3 is 2.56 bits per heavy atom. The van der Waals surface area contributed by atoms with Crippen molar-refractivity contribution in [3.63, 3.8) is 0 Å². The van der Waals surface area contributed by atoms with Crippen LogP contribution in [0.25, 0.3) is 0 Å². The summed E-state index contributed by atoms with van der Waals surface area (Å²) in [7, 11) is 2.03. The van der Waals surface area contributed by atoms with Gasteiger partial charge in [-0.1, -0.05) is 29.8 Å². The first-order valence-electron chi connectivity index (χ1n) is 5.73. The molecule has 1 aromatic rings. The summed E-state index contributed by atoms with van der Waals surface area (Å²) in [6, 6.07) is 9.24. The van der Waals surface area contributed by atoms with E-state index in [4.69, 9.17) is 4.74 Å². The molecule has 0 bridgehead atoms. The van der Waals surface area contributed by atoms with Crippen LogP contribution in [0, 0.1) is 6.92 Å². The highest BCUT2D eigenvalue weighted by Crippen LogP contribution is 2.25. The van der Waals surface area contributed by atoms with Gasteiger partial charge < -0.3 is 10.1 Å². The minimum absolute atomic E-state index is 0.450. The van der Waals surface area contributed by atoms with Gasteiger partial charge in [-0.2, -0.15) is 11.8 Å². The van der Waals surface area contributed by atoms with Crippen molar-refractivity contribution < 1.29 is 4.74 Å². The maximum atomic E-state index is 5.18. The number of rotatable bonds is 5. The van der Waals surface area contributed by atoms with E-state index in [-0.39, 0.29) is 0 Å². The second kappa shape index (κ2) is 5.71. The van der Waals surface area contributed by atoms with Crippen molar-refractivity contribution in [2.24, 2.45) is 0 Å². The van der Waals surface area contributed by atoms with E-state index in [1.807, 2.05) is 18.8 Å². The van der Waals surface area contributed by atoms with E-state index in [1.54, 1.807) is 0 Å². The molecular weight excluding hydrogens is 218 g/mol. The van der Waals surface area contributed by atoms with Gasteiger partial charge in [0.05, 0.1) is 18.5 Å². The van der Waals surface area contributed by atoms with Crippen LogP contribution in [0.3, 0.4) is 0 Å². The predicted octanol–water partition coefficient (Wildman–Crippen LogP) is 2.39. The van der Waals surface area contributed by atoms with E-state index >= 15 is 0 Å². The van der Waals surface area contributed by atoms with Crippen molar-refractivity contribution in [2.75, 3.05) is 26.0 Å². The first kappa shape index (κ1) is 12.0. The molecule has 88 valence electrons. The molecular formula is C13H19NOS. The lowest BCUT2D eigenvalue weighted by molar-refractivity contribution is 0.0455. The van der Waals surface area contributed by atoms with Crippen LogP contribution in [0.15, 0.2) is 24.3 Å². The third kappa shape index (κ3) is 3.00. The highest BCUT2D eigenvalue weighted by atomic mass is 32.2. The highest BCUT2D eigenvalue weighted by Gasteiger charge is 2.20. The molecule has 0 spiro atoms. The molecule has 0 amide bonds. The average molecular weight is 237 g/mol. The SMILES string of the molecule is CNC(CSC1COC1)c1ccc(C)cc1. The third-order valence-electron chi connectivity index (χ3n) is 2.93. The number of ether oxygens (including phenoxy) is 1. The van der Waals surface area contributed by atoms with E-state index in [2.05, 4.69) is 36.5 Å². The van der Waals surface area contributed by atoms with Crippen molar-refractivity contribution in [1.29, 1.82) is 0 Å². The number of hydrogen-bond donors (Lipinski definition) is 1. The summed E-state index contributed by atoms with van der Waals surface area (Å²) in [6.07, 6.45) is 0. The highest BCUT2D eigenvalue weighted by molar-refractivity contribution is 8.00. The first-order chi connectivity index (χ1) is 7.79. The van der Waals surface area contributed by atoms with Gasteiger partial charge in [0.15, 0.2) is 0 Å². The van der Waals surface area contributed by atoms with Gasteiger partial charge in [0, 0.05) is 11.8 Å². The number of thioether (sulfide) groups is 1. The third-order valence-corrected chi connectivity index (χ3v) is 4.20. The van der Waals surface area contributed by atoms with Gasteiger partial charge in [0.25, 0.3) is 0 Å². The van der Waals surface area contributed by atoms with Gasteiger partial charge >= 0.3 is 0 Å². The molecule has 1 fully saturated rings. The van der Waals surface area contributed by atoms with Gasteiger partial charge in [0.1, 0.15) is 0 Å². The Morgan fingerprint density at radius 2 is 2.06 bits per heavy atom. The van der Waals surface area contributed by atoms with Gasteiger partial charge in [0.2, 0.25) is 0 Å². The van der Waals surface area contributed by atoms with Crippen LogP contribution in [0.5, 0.6) is 0 Å². The zero-order chi connectivity index (χ0) is 11.4. The molecule has 0 saturated carbocycles. The molecule has 1 aliphatic heterocycles. The van der Waals surface area contributed by atoms with Gasteiger partial charge in [-0.3, -0.25) is 0 Å². The van der Waals surface area contributed by atoms with Crippen LogP contribution in [-0.2, 0) is 4.74 Å². The van der Waals surface area contributed by atoms with Crippen molar-refractivity contribution >= 4 is 11.8 Å². The van der Waals surface area contributed by atoms with E-state index < -0.39 is 0 Å². The molecule has 0 aliphatic carbocycles. The Bertz CT molecular complexity index is 321. The van der Waals surface area contributed by atoms with Gasteiger partial charge in [-0.25, -0.2) is 0 Å². The molecule has 1 aliphatic rings. The standard InChI is InChI=1S/C13H19NOS/c1-10-3-5-11(6-4-10)13(14-2)9-16-12-7-15-8-12/h3-6,12-14H,7-9H2,1-2H3. The second-order valence-electron chi connectivity index (χ2n) is 4.24. The van der Waals surface area contributed by atoms with E-state index in [1.165, 1.54) is 11.1 Å². The van der Waals surface area contributed by atoms with Crippen LogP contribution in [-0.4, -0.2) is 31.3 Å². The summed E-state index contributed by atoms with van der Waals surface area (Å²) >= 11 is 2.01. The molecule has 3 heteroatoms. The van der Waals surface area contributed by atoms with Gasteiger partial charge in [-0.15, -0.1) is 0 Å². The van der Waals surface area contributed by atoms with E-state index in [0.717, 1.165) is 19.0 Å². The van der Waals surface area contributed by atoms with Crippen LogP contribution >= 0.6 is 11.8 Å². The monoisotopic (exact) mass is 237 g/mol. The minimum atomic E-state index is 0.450. The van der Waals surface area contributed by atoms with Crippen LogP contribution < -0.4 is 5.32 Å². The molecule has 0 radical (unpaired) electrons. The predicted molar refractivity (Wildman–Crippen MR) is 70.0 cm³/mol. The normalized spacial score (nSPS) is 18.1. The number of hydrogen-bond acceptors (Lipinski definition) is 3. The topological polar surface area (TPSA) is 21.3 Å². The lowest BCUT2D eigenvalue weighted by Gasteiger charge is -2.27. The van der Waals surface area contributed by atoms with Gasteiger partial charge in [-0.05, 0) is 19.5 Å². The fourth-order valence-corrected chi connectivity index (χ4v) is 2.90. The zero-order valence-corrected chi connectivity index (χ0v) is 10.7. The lowest BCUT2D eigenvalue weighted by atomic mass is 10.1. The van der Waals surface area contributed by atoms with Crippen LogP contribution in [0.4, 0.5) is 0 Å². The maximum Gasteiger partial charge on any atom is 0.0607 e. The van der Waals surface area contributed by atoms with E-state index in [9.17, 15) is 0 Å². The second-order valence-corrected chi connectivity index (χ2v) is 5.58. The Hall–Kier alpha value is -0.510. The molecule has 1 heterocycles. The molecule has 16 heavy (non-hydrogen) atoms. The summed E-state index contributed by atoms with van der Waals surface area (Å²) in [5.74, 6) is 1.12. The van der Waals surface area contributed by atoms with Crippen LogP contribution in [0.1, 0.15) is 17.2 Å². The smallest absolute Gasteiger partial charge is 0.0607 e. The Labute approximate surface area is 102 Å². The van der Waals surface area contributed by atoms with Crippen molar-refractivity contribution in [1.82, 2.24) is 5.32 Å². The molecule has 0 aromatic heterocycles.